The van der Waals surface area contributed by atoms with Crippen LogP contribution in [0.15, 0.2) is 28.1 Å². The number of rotatable bonds is 4. The zero-order chi connectivity index (χ0) is 14.0. The number of aromatic carboxylic acids is 1. The van der Waals surface area contributed by atoms with Crippen LogP contribution in [0.5, 0.6) is 0 Å². The molecule has 1 aromatic carbocycles. The molecule has 0 radical (unpaired) electrons. The summed E-state index contributed by atoms with van der Waals surface area (Å²) in [7, 11) is 0. The number of carbonyl (C=O) groups is 1. The van der Waals surface area contributed by atoms with Crippen LogP contribution in [-0.4, -0.2) is 11.1 Å². The van der Waals surface area contributed by atoms with Crippen molar-refractivity contribution in [2.45, 2.75) is 6.54 Å². The molecule has 0 amide bonds. The first-order chi connectivity index (χ1) is 8.99. The van der Waals surface area contributed by atoms with Gasteiger partial charge in [-0.05, 0) is 45.1 Å². The lowest BCUT2D eigenvalue weighted by molar-refractivity contribution is 0.0701. The first-order valence-electron chi connectivity index (χ1n) is 5.17. The Hall–Kier alpha value is -1.11. The predicted octanol–water partition coefficient (Wildman–Crippen LogP) is 4.61. The van der Waals surface area contributed by atoms with Crippen LogP contribution >= 0.6 is 38.9 Å². The van der Waals surface area contributed by atoms with E-state index in [0.29, 0.717) is 22.3 Å². The molecule has 0 atom stereocenters. The number of carboxylic acids is 1. The van der Waals surface area contributed by atoms with Gasteiger partial charge in [0.25, 0.3) is 0 Å². The van der Waals surface area contributed by atoms with Crippen molar-refractivity contribution < 1.29 is 14.3 Å². The number of hydrogen-bond acceptors (Lipinski definition) is 3. The number of hydrogen-bond donors (Lipinski definition) is 2. The summed E-state index contributed by atoms with van der Waals surface area (Å²) in [6, 6.07) is 4.22. The summed E-state index contributed by atoms with van der Waals surface area (Å²) >= 11 is 10.3. The minimum absolute atomic E-state index is 0.235. The minimum atomic E-state index is -0.962. The lowest BCUT2D eigenvalue weighted by atomic mass is 10.2. The maximum Gasteiger partial charge on any atom is 0.346 e. The van der Waals surface area contributed by atoms with E-state index in [0.717, 1.165) is 11.3 Å². The van der Waals surface area contributed by atoms with Gasteiger partial charge in [-0.2, -0.15) is 0 Å². The third-order valence-electron chi connectivity index (χ3n) is 2.40. The maximum atomic E-state index is 13.1. The minimum Gasteiger partial charge on any atom is -0.477 e. The van der Waals surface area contributed by atoms with Gasteiger partial charge in [0.1, 0.15) is 10.7 Å². The SMILES string of the molecule is O=C(O)c1sccc1CNc1c(Cl)cc(F)cc1Br. The van der Waals surface area contributed by atoms with Crippen molar-refractivity contribution in [3.05, 3.63) is 49.3 Å². The molecule has 0 fully saturated rings. The van der Waals surface area contributed by atoms with Crippen LogP contribution in [-0.2, 0) is 6.54 Å². The Balaban J connectivity index is 2.19. The van der Waals surface area contributed by atoms with E-state index < -0.39 is 11.8 Å². The van der Waals surface area contributed by atoms with E-state index in [-0.39, 0.29) is 9.90 Å². The lowest BCUT2D eigenvalue weighted by Gasteiger charge is -2.10. The Bertz CT molecular complexity index is 609. The molecule has 2 rings (SSSR count). The molecule has 2 aromatic rings. The summed E-state index contributed by atoms with van der Waals surface area (Å²) in [5.41, 5.74) is 1.19. The summed E-state index contributed by atoms with van der Waals surface area (Å²) in [5, 5.41) is 13.9. The number of anilines is 1. The average molecular weight is 365 g/mol. The van der Waals surface area contributed by atoms with E-state index in [2.05, 4.69) is 21.2 Å². The Kier molecular flexibility index (Phi) is 4.44. The fourth-order valence-electron chi connectivity index (χ4n) is 1.56. The molecule has 1 heterocycles. The van der Waals surface area contributed by atoms with Crippen LogP contribution in [0.3, 0.4) is 0 Å². The van der Waals surface area contributed by atoms with Gasteiger partial charge in [0, 0.05) is 11.0 Å². The van der Waals surface area contributed by atoms with Gasteiger partial charge in [-0.3, -0.25) is 0 Å². The second-order valence-electron chi connectivity index (χ2n) is 3.68. The molecule has 0 saturated carbocycles. The highest BCUT2D eigenvalue weighted by atomic mass is 79.9. The van der Waals surface area contributed by atoms with Gasteiger partial charge in [-0.25, -0.2) is 9.18 Å². The van der Waals surface area contributed by atoms with Gasteiger partial charge in [-0.1, -0.05) is 11.6 Å². The van der Waals surface area contributed by atoms with Crippen LogP contribution in [0, 0.1) is 5.82 Å². The normalized spacial score (nSPS) is 10.5. The molecule has 0 spiro atoms. The third kappa shape index (κ3) is 3.26. The van der Waals surface area contributed by atoms with Crippen molar-refractivity contribution in [2.75, 3.05) is 5.32 Å². The van der Waals surface area contributed by atoms with Gasteiger partial charge < -0.3 is 10.4 Å². The van der Waals surface area contributed by atoms with E-state index in [1.165, 1.54) is 12.1 Å². The lowest BCUT2D eigenvalue weighted by Crippen LogP contribution is -2.05. The summed E-state index contributed by atoms with van der Waals surface area (Å²) in [6.45, 7) is 0.301. The number of halogens is 3. The average Bonchev–Trinajstić information content (AvgIpc) is 2.75. The van der Waals surface area contributed by atoms with Crippen molar-refractivity contribution in [3.63, 3.8) is 0 Å². The molecule has 0 bridgehead atoms. The highest BCUT2D eigenvalue weighted by Gasteiger charge is 2.13. The van der Waals surface area contributed by atoms with E-state index in [1.807, 2.05) is 0 Å². The molecule has 7 heteroatoms. The van der Waals surface area contributed by atoms with Crippen LogP contribution in [0.25, 0.3) is 0 Å². The van der Waals surface area contributed by atoms with Gasteiger partial charge in [0.05, 0.1) is 10.7 Å². The smallest absolute Gasteiger partial charge is 0.346 e. The number of carboxylic acid groups (broad SMARTS) is 1. The largest absolute Gasteiger partial charge is 0.477 e. The van der Waals surface area contributed by atoms with E-state index >= 15 is 0 Å². The Morgan fingerprint density at radius 3 is 2.89 bits per heavy atom. The number of nitrogens with one attached hydrogen (secondary N) is 1. The van der Waals surface area contributed by atoms with Crippen LogP contribution in [0.2, 0.25) is 5.02 Å². The number of thiophene rings is 1. The Morgan fingerprint density at radius 1 is 1.53 bits per heavy atom. The molecule has 0 aliphatic heterocycles. The van der Waals surface area contributed by atoms with Crippen molar-refractivity contribution in [1.82, 2.24) is 0 Å². The fourth-order valence-corrected chi connectivity index (χ4v) is 3.28. The monoisotopic (exact) mass is 363 g/mol. The molecule has 1 aromatic heterocycles. The first-order valence-corrected chi connectivity index (χ1v) is 7.22. The standard InChI is InChI=1S/C12H8BrClFNO2S/c13-8-3-7(15)4-9(14)10(8)16-5-6-1-2-19-11(6)12(17)18/h1-4,16H,5H2,(H,17,18). The zero-order valence-electron chi connectivity index (χ0n) is 9.41. The van der Waals surface area contributed by atoms with Crippen LogP contribution in [0.1, 0.15) is 15.2 Å². The molecule has 100 valence electrons. The third-order valence-corrected chi connectivity index (χ3v) is 4.27. The van der Waals surface area contributed by atoms with Gasteiger partial charge >= 0.3 is 5.97 Å². The molecule has 0 aliphatic carbocycles. The van der Waals surface area contributed by atoms with Crippen molar-refractivity contribution in [3.8, 4) is 0 Å². The molecule has 0 unspecified atom stereocenters. The topological polar surface area (TPSA) is 49.3 Å². The zero-order valence-corrected chi connectivity index (χ0v) is 12.6. The molecule has 0 aliphatic rings. The summed E-state index contributed by atoms with van der Waals surface area (Å²) in [4.78, 5) is 11.2. The molecule has 0 saturated heterocycles. The second-order valence-corrected chi connectivity index (χ2v) is 5.86. The van der Waals surface area contributed by atoms with Gasteiger partial charge in [0.2, 0.25) is 0 Å². The van der Waals surface area contributed by atoms with Gasteiger partial charge in [-0.15, -0.1) is 11.3 Å². The summed E-state index contributed by atoms with van der Waals surface area (Å²) < 4.78 is 13.6. The maximum absolute atomic E-state index is 13.1. The van der Waals surface area contributed by atoms with E-state index in [4.69, 9.17) is 16.7 Å². The Labute approximate surface area is 126 Å². The Morgan fingerprint density at radius 2 is 2.26 bits per heavy atom. The highest BCUT2D eigenvalue weighted by Crippen LogP contribution is 2.32. The van der Waals surface area contributed by atoms with Crippen LogP contribution in [0.4, 0.5) is 10.1 Å². The molecule has 19 heavy (non-hydrogen) atoms. The summed E-state index contributed by atoms with van der Waals surface area (Å²) in [5.74, 6) is -1.40. The van der Waals surface area contributed by atoms with E-state index in [1.54, 1.807) is 11.4 Å². The van der Waals surface area contributed by atoms with Gasteiger partial charge in [0.15, 0.2) is 0 Å². The molecule has 2 N–H and O–H groups in total. The number of benzene rings is 1. The summed E-state index contributed by atoms with van der Waals surface area (Å²) in [6.07, 6.45) is 0. The fraction of sp³-hybridized carbons (Fsp3) is 0.0833. The first kappa shape index (κ1) is 14.3. The van der Waals surface area contributed by atoms with Crippen LogP contribution < -0.4 is 5.32 Å². The molecular formula is C12H8BrClFNO2S. The quantitative estimate of drug-likeness (QED) is 0.832. The van der Waals surface area contributed by atoms with Crippen molar-refractivity contribution in [1.29, 1.82) is 0 Å². The van der Waals surface area contributed by atoms with E-state index in [9.17, 15) is 9.18 Å². The predicted molar refractivity (Wildman–Crippen MR) is 77.7 cm³/mol. The molecular weight excluding hydrogens is 357 g/mol. The van der Waals surface area contributed by atoms with Crippen molar-refractivity contribution in [2.24, 2.45) is 0 Å². The molecule has 3 nitrogen and oxygen atoms in total. The second kappa shape index (κ2) is 5.90. The highest BCUT2D eigenvalue weighted by molar-refractivity contribution is 9.10. The van der Waals surface area contributed by atoms with Crippen molar-refractivity contribution >= 4 is 50.5 Å².